The van der Waals surface area contributed by atoms with Gasteiger partial charge >= 0.3 is 0 Å². The molecule has 1 nitrogen and oxygen atoms in total. The third-order valence-corrected chi connectivity index (χ3v) is 5.75. The molecule has 0 heterocycles. The van der Waals surface area contributed by atoms with Crippen LogP contribution in [0.1, 0.15) is 29.8 Å². The maximum atomic E-state index is 5.50. The van der Waals surface area contributed by atoms with Gasteiger partial charge in [0.1, 0.15) is 5.75 Å². The Bertz CT molecular complexity index is 579. The van der Waals surface area contributed by atoms with Crippen molar-refractivity contribution < 1.29 is 4.74 Å². The topological polar surface area (TPSA) is 9.23 Å². The molecule has 2 rings (SSSR count). The first-order valence-corrected chi connectivity index (χ1v) is 8.20. The molecule has 0 spiro atoms. The van der Waals surface area contributed by atoms with E-state index in [2.05, 4.69) is 76.0 Å². The molecule has 0 N–H and O–H groups in total. The van der Waals surface area contributed by atoms with Crippen LogP contribution in [0.4, 0.5) is 0 Å². The minimum absolute atomic E-state index is 0.0463. The van der Waals surface area contributed by atoms with Crippen molar-refractivity contribution in [1.29, 1.82) is 0 Å². The number of hydrogen-bond acceptors (Lipinski definition) is 1. The summed E-state index contributed by atoms with van der Waals surface area (Å²) in [6.45, 7) is 4.48. The number of hydrogen-bond donors (Lipinski definition) is 0. The summed E-state index contributed by atoms with van der Waals surface area (Å²) in [4.78, 5) is 0.157. The second kappa shape index (κ2) is 6.31. The minimum atomic E-state index is -0.0463. The summed E-state index contributed by atoms with van der Waals surface area (Å²) in [7, 11) is 1.71. The van der Waals surface area contributed by atoms with Gasteiger partial charge < -0.3 is 4.74 Å². The maximum Gasteiger partial charge on any atom is 0.123 e. The Kier molecular flexibility index (Phi) is 4.92. The van der Waals surface area contributed by atoms with E-state index in [4.69, 9.17) is 4.74 Å². The molecule has 0 radical (unpaired) electrons. The number of methoxy groups -OCH3 is 1. The standard InChI is InChI=1S/C17H18Br2O/c1-17(2,12-7-5-4-6-8-12)16(19)14-11-13(18)9-10-15(14)20-3/h4-11,16H,1-3H3. The first kappa shape index (κ1) is 15.6. The average Bonchev–Trinajstić information content (AvgIpc) is 2.47. The third-order valence-electron chi connectivity index (χ3n) is 3.62. The summed E-state index contributed by atoms with van der Waals surface area (Å²) in [5, 5.41) is 0. The van der Waals surface area contributed by atoms with Gasteiger partial charge in [-0.1, -0.05) is 76.0 Å². The Morgan fingerprint density at radius 1 is 1.05 bits per heavy atom. The van der Waals surface area contributed by atoms with Crippen LogP contribution in [0, 0.1) is 0 Å². The van der Waals surface area contributed by atoms with Gasteiger partial charge in [-0.05, 0) is 23.8 Å². The molecule has 3 heteroatoms. The van der Waals surface area contributed by atoms with E-state index in [1.807, 2.05) is 18.2 Å². The third kappa shape index (κ3) is 3.09. The second-order valence-electron chi connectivity index (χ2n) is 5.34. The van der Waals surface area contributed by atoms with E-state index in [0.29, 0.717) is 0 Å². The molecule has 2 aromatic rings. The summed E-state index contributed by atoms with van der Waals surface area (Å²) in [5.74, 6) is 0.902. The smallest absolute Gasteiger partial charge is 0.123 e. The molecule has 1 atom stereocenters. The van der Waals surface area contributed by atoms with Crippen molar-refractivity contribution in [2.24, 2.45) is 0 Å². The lowest BCUT2D eigenvalue weighted by Crippen LogP contribution is -2.23. The van der Waals surface area contributed by atoms with Gasteiger partial charge in [-0.15, -0.1) is 0 Å². The fourth-order valence-electron chi connectivity index (χ4n) is 2.31. The monoisotopic (exact) mass is 396 g/mol. The fraction of sp³-hybridized carbons (Fsp3) is 0.294. The normalized spacial score (nSPS) is 13.1. The minimum Gasteiger partial charge on any atom is -0.496 e. The Hall–Kier alpha value is -0.800. The van der Waals surface area contributed by atoms with E-state index in [1.54, 1.807) is 7.11 Å². The van der Waals surface area contributed by atoms with E-state index >= 15 is 0 Å². The average molecular weight is 398 g/mol. The molecule has 1 unspecified atom stereocenters. The second-order valence-corrected chi connectivity index (χ2v) is 7.17. The van der Waals surface area contributed by atoms with E-state index in [9.17, 15) is 0 Å². The molecule has 0 aliphatic rings. The predicted octanol–water partition coefficient (Wildman–Crippen LogP) is 5.87. The van der Waals surface area contributed by atoms with Crippen molar-refractivity contribution in [1.82, 2.24) is 0 Å². The Labute approximate surface area is 137 Å². The van der Waals surface area contributed by atoms with Gasteiger partial charge in [0.2, 0.25) is 0 Å². The Morgan fingerprint density at radius 3 is 2.30 bits per heavy atom. The zero-order chi connectivity index (χ0) is 14.8. The Balaban J connectivity index is 2.45. The highest BCUT2D eigenvalue weighted by Gasteiger charge is 2.32. The lowest BCUT2D eigenvalue weighted by Gasteiger charge is -2.32. The van der Waals surface area contributed by atoms with Crippen LogP contribution in [-0.2, 0) is 5.41 Å². The van der Waals surface area contributed by atoms with E-state index in [1.165, 1.54) is 5.56 Å². The lowest BCUT2D eigenvalue weighted by atomic mass is 9.79. The first-order chi connectivity index (χ1) is 9.46. The molecule has 0 saturated heterocycles. The fourth-order valence-corrected chi connectivity index (χ4v) is 3.31. The summed E-state index contributed by atoms with van der Waals surface area (Å²) in [5.41, 5.74) is 2.40. The van der Waals surface area contributed by atoms with E-state index in [0.717, 1.165) is 15.8 Å². The number of halogens is 2. The van der Waals surface area contributed by atoms with Crippen LogP contribution in [-0.4, -0.2) is 7.11 Å². The Morgan fingerprint density at radius 2 is 1.70 bits per heavy atom. The van der Waals surface area contributed by atoms with Crippen LogP contribution in [0.3, 0.4) is 0 Å². The number of ether oxygens (including phenoxy) is 1. The van der Waals surface area contributed by atoms with E-state index < -0.39 is 0 Å². The van der Waals surface area contributed by atoms with Gasteiger partial charge in [0, 0.05) is 15.5 Å². The van der Waals surface area contributed by atoms with Crippen LogP contribution < -0.4 is 4.74 Å². The van der Waals surface area contributed by atoms with Gasteiger partial charge in [-0.2, -0.15) is 0 Å². The number of alkyl halides is 1. The molecule has 0 aliphatic heterocycles. The lowest BCUT2D eigenvalue weighted by molar-refractivity contribution is 0.401. The summed E-state index contributed by atoms with van der Waals surface area (Å²) in [6, 6.07) is 16.6. The molecule has 0 aromatic heterocycles. The van der Waals surface area contributed by atoms with Crippen LogP contribution in [0.2, 0.25) is 0 Å². The highest BCUT2D eigenvalue weighted by Crippen LogP contribution is 2.46. The molecule has 0 fully saturated rings. The summed E-state index contributed by atoms with van der Waals surface area (Å²) < 4.78 is 6.56. The molecule has 0 bridgehead atoms. The van der Waals surface area contributed by atoms with Crippen molar-refractivity contribution in [2.75, 3.05) is 7.11 Å². The SMILES string of the molecule is COc1ccc(Br)cc1C(Br)C(C)(C)c1ccccc1. The van der Waals surface area contributed by atoms with Gasteiger partial charge in [0.15, 0.2) is 0 Å². The van der Waals surface area contributed by atoms with Crippen LogP contribution in [0.25, 0.3) is 0 Å². The molecular weight excluding hydrogens is 380 g/mol. The molecule has 106 valence electrons. The molecule has 0 saturated carbocycles. The van der Waals surface area contributed by atoms with Crippen LogP contribution >= 0.6 is 31.9 Å². The highest BCUT2D eigenvalue weighted by molar-refractivity contribution is 9.10. The van der Waals surface area contributed by atoms with Crippen molar-refractivity contribution >= 4 is 31.9 Å². The zero-order valence-electron chi connectivity index (χ0n) is 11.9. The first-order valence-electron chi connectivity index (χ1n) is 6.50. The van der Waals surface area contributed by atoms with Gasteiger partial charge in [0.05, 0.1) is 11.9 Å². The van der Waals surface area contributed by atoms with Crippen molar-refractivity contribution in [3.8, 4) is 5.75 Å². The van der Waals surface area contributed by atoms with Crippen molar-refractivity contribution in [3.05, 3.63) is 64.1 Å². The highest BCUT2D eigenvalue weighted by atomic mass is 79.9. The summed E-state index contributed by atoms with van der Waals surface area (Å²) in [6.07, 6.45) is 0. The van der Waals surface area contributed by atoms with Crippen LogP contribution in [0.15, 0.2) is 53.0 Å². The van der Waals surface area contributed by atoms with Gasteiger partial charge in [-0.3, -0.25) is 0 Å². The summed E-state index contributed by atoms with van der Waals surface area (Å²) >= 11 is 7.41. The quantitative estimate of drug-likeness (QED) is 0.586. The van der Waals surface area contributed by atoms with E-state index in [-0.39, 0.29) is 10.2 Å². The molecule has 20 heavy (non-hydrogen) atoms. The maximum absolute atomic E-state index is 5.50. The molecule has 2 aromatic carbocycles. The molecule has 0 aliphatic carbocycles. The zero-order valence-corrected chi connectivity index (χ0v) is 15.0. The molecular formula is C17H18Br2O. The van der Waals surface area contributed by atoms with Crippen molar-refractivity contribution in [2.45, 2.75) is 24.1 Å². The van der Waals surface area contributed by atoms with Gasteiger partial charge in [-0.25, -0.2) is 0 Å². The largest absolute Gasteiger partial charge is 0.496 e. The predicted molar refractivity (Wildman–Crippen MR) is 91.8 cm³/mol. The van der Waals surface area contributed by atoms with Gasteiger partial charge in [0.25, 0.3) is 0 Å². The molecule has 0 amide bonds. The number of benzene rings is 2. The number of rotatable bonds is 4. The van der Waals surface area contributed by atoms with Crippen molar-refractivity contribution in [3.63, 3.8) is 0 Å². The van der Waals surface area contributed by atoms with Crippen LogP contribution in [0.5, 0.6) is 5.75 Å².